The van der Waals surface area contributed by atoms with Crippen LogP contribution in [0.1, 0.15) is 187 Å². The Morgan fingerprint density at radius 1 is 0.500 bits per heavy atom. The van der Waals surface area contributed by atoms with Crippen LogP contribution in [-0.2, 0) is 32.5 Å². The van der Waals surface area contributed by atoms with E-state index in [1.807, 2.05) is 0 Å². The van der Waals surface area contributed by atoms with Crippen molar-refractivity contribution in [1.82, 2.24) is 0 Å². The van der Waals surface area contributed by atoms with Crippen molar-refractivity contribution in [2.75, 3.05) is 9.80 Å². The number of furan rings is 1. The van der Waals surface area contributed by atoms with Crippen LogP contribution in [0.4, 0.5) is 34.1 Å². The number of hydrogen-bond donors (Lipinski definition) is 0. The largest absolute Gasteiger partial charge is 0.456 e. The molecule has 8 aromatic rings. The Bertz CT molecular complexity index is 3640. The Morgan fingerprint density at radius 2 is 1.07 bits per heavy atom. The Labute approximate surface area is 443 Å². The van der Waals surface area contributed by atoms with E-state index in [0.717, 1.165) is 24.0 Å². The first-order valence-electron chi connectivity index (χ1n) is 28.0. The van der Waals surface area contributed by atoms with Gasteiger partial charge in [-0.2, -0.15) is 0 Å². The molecule has 3 nitrogen and oxygen atoms in total. The Hall–Kier alpha value is -6.00. The standard InChI is InChI=1S/C70H79BN2O/c1-41(2)44-23-25-53-57(34-44)72(56-39-51-49(33-42(56)3)67(10,11)29-31-69(51,14)15)58-36-46(66(7,8)9)37-59-63(58)71(53)54-26-28-60-62(48-38-50-52(40-61(48)74-60)70(16,17)32-30-68(50,12)13)64(54)73(59)55-27-24-45(65(4,5)6)35-47(55)43-21-19-18-20-22-43/h18-28,33-41H,29-32H2,1-17H3. The van der Waals surface area contributed by atoms with Crippen LogP contribution in [-0.4, -0.2) is 6.71 Å². The van der Waals surface area contributed by atoms with Gasteiger partial charge < -0.3 is 14.2 Å². The monoisotopic (exact) mass is 975 g/mol. The van der Waals surface area contributed by atoms with E-state index in [4.69, 9.17) is 4.42 Å². The van der Waals surface area contributed by atoms with E-state index in [0.29, 0.717) is 5.92 Å². The highest BCUT2D eigenvalue weighted by Gasteiger charge is 2.47. The Balaban J connectivity index is 1.26. The molecule has 7 aromatic carbocycles. The fourth-order valence-electron chi connectivity index (χ4n) is 13.7. The van der Waals surface area contributed by atoms with Gasteiger partial charge in [-0.25, -0.2) is 0 Å². The van der Waals surface area contributed by atoms with Crippen LogP contribution in [0.5, 0.6) is 0 Å². The second-order valence-corrected chi connectivity index (χ2v) is 28.2. The summed E-state index contributed by atoms with van der Waals surface area (Å²) in [6, 6.07) is 46.0. The number of aryl methyl sites for hydroxylation is 1. The second kappa shape index (κ2) is 16.0. The summed E-state index contributed by atoms with van der Waals surface area (Å²) in [5.74, 6) is 0.364. The summed E-state index contributed by atoms with van der Waals surface area (Å²) >= 11 is 0. The molecule has 12 rings (SSSR count). The third kappa shape index (κ3) is 7.33. The molecule has 1 aromatic heterocycles. The van der Waals surface area contributed by atoms with Gasteiger partial charge in [-0.1, -0.05) is 171 Å². The summed E-state index contributed by atoms with van der Waals surface area (Å²) in [4.78, 5) is 5.42. The summed E-state index contributed by atoms with van der Waals surface area (Å²) in [6.07, 6.45) is 4.66. The minimum absolute atomic E-state index is 0.0310. The predicted octanol–water partition coefficient (Wildman–Crippen LogP) is 18.1. The molecule has 378 valence electrons. The zero-order valence-corrected chi connectivity index (χ0v) is 47.8. The van der Waals surface area contributed by atoms with Gasteiger partial charge in [0.05, 0.1) is 16.8 Å². The summed E-state index contributed by atoms with van der Waals surface area (Å²) in [7, 11) is 0. The maximum Gasteiger partial charge on any atom is 0.252 e. The minimum Gasteiger partial charge on any atom is -0.456 e. The normalized spacial score (nSPS) is 18.1. The molecule has 0 fully saturated rings. The zero-order valence-electron chi connectivity index (χ0n) is 47.8. The lowest BCUT2D eigenvalue weighted by atomic mass is 9.33. The Morgan fingerprint density at radius 3 is 1.68 bits per heavy atom. The highest BCUT2D eigenvalue weighted by Crippen LogP contribution is 2.55. The molecule has 4 heteroatoms. The van der Waals surface area contributed by atoms with Crippen molar-refractivity contribution >= 4 is 79.2 Å². The van der Waals surface area contributed by atoms with Gasteiger partial charge in [-0.15, -0.1) is 0 Å². The van der Waals surface area contributed by atoms with Gasteiger partial charge in [-0.3, -0.25) is 0 Å². The highest BCUT2D eigenvalue weighted by molar-refractivity contribution is 7.00. The maximum absolute atomic E-state index is 7.22. The average Bonchev–Trinajstić information content (AvgIpc) is 3.73. The van der Waals surface area contributed by atoms with Crippen molar-refractivity contribution in [3.8, 4) is 11.1 Å². The molecule has 4 aliphatic rings. The van der Waals surface area contributed by atoms with Gasteiger partial charge in [0.2, 0.25) is 0 Å². The third-order valence-electron chi connectivity index (χ3n) is 18.8. The summed E-state index contributed by atoms with van der Waals surface area (Å²) in [5.41, 5.74) is 27.1. The van der Waals surface area contributed by atoms with Crippen LogP contribution in [0.15, 0.2) is 120 Å². The van der Waals surface area contributed by atoms with Crippen LogP contribution in [0.25, 0.3) is 33.1 Å². The molecule has 0 bridgehead atoms. The van der Waals surface area contributed by atoms with E-state index >= 15 is 0 Å². The minimum atomic E-state index is -0.167. The highest BCUT2D eigenvalue weighted by atomic mass is 16.3. The number of rotatable bonds is 4. The van der Waals surface area contributed by atoms with Crippen LogP contribution < -0.4 is 26.2 Å². The first-order valence-corrected chi connectivity index (χ1v) is 28.0. The quantitative estimate of drug-likeness (QED) is 0.164. The van der Waals surface area contributed by atoms with E-state index in [9.17, 15) is 0 Å². The fraction of sp³-hybridized carbons (Fsp3) is 0.400. The number of benzene rings is 7. The maximum atomic E-state index is 7.22. The molecule has 0 unspecified atom stereocenters. The molecule has 0 N–H and O–H groups in total. The van der Waals surface area contributed by atoms with Crippen LogP contribution in [0.3, 0.4) is 0 Å². The molecule has 0 saturated heterocycles. The molecule has 0 saturated carbocycles. The summed E-state index contributed by atoms with van der Waals surface area (Å²) in [5, 5.41) is 2.41. The van der Waals surface area contributed by atoms with Crippen molar-refractivity contribution in [2.45, 2.75) is 182 Å². The first kappa shape index (κ1) is 48.9. The topological polar surface area (TPSA) is 19.6 Å². The van der Waals surface area contributed by atoms with Crippen LogP contribution in [0.2, 0.25) is 0 Å². The van der Waals surface area contributed by atoms with Gasteiger partial charge in [-0.05, 0) is 192 Å². The lowest BCUT2D eigenvalue weighted by Gasteiger charge is -2.47. The molecule has 0 spiro atoms. The number of nitrogens with zero attached hydrogens (tertiary/aromatic N) is 2. The molecule has 3 heterocycles. The second-order valence-electron chi connectivity index (χ2n) is 28.2. The molecule has 0 atom stereocenters. The van der Waals surface area contributed by atoms with Gasteiger partial charge in [0.1, 0.15) is 11.2 Å². The molecule has 0 amide bonds. The van der Waals surface area contributed by atoms with Crippen molar-refractivity contribution in [2.24, 2.45) is 0 Å². The van der Waals surface area contributed by atoms with Crippen molar-refractivity contribution in [1.29, 1.82) is 0 Å². The lowest BCUT2D eigenvalue weighted by Crippen LogP contribution is -2.61. The van der Waals surface area contributed by atoms with Crippen molar-refractivity contribution < 1.29 is 4.42 Å². The van der Waals surface area contributed by atoms with E-state index in [-0.39, 0.29) is 39.2 Å². The number of hydrogen-bond acceptors (Lipinski definition) is 3. The van der Waals surface area contributed by atoms with Crippen LogP contribution >= 0.6 is 0 Å². The number of fused-ring (bicyclic) bond motifs is 10. The van der Waals surface area contributed by atoms with E-state index in [1.54, 1.807) is 0 Å². The molecule has 74 heavy (non-hydrogen) atoms. The molecular formula is C70H79BN2O. The van der Waals surface area contributed by atoms with E-state index in [1.165, 1.54) is 130 Å². The van der Waals surface area contributed by atoms with Gasteiger partial charge in [0.25, 0.3) is 6.71 Å². The molecule has 2 aliphatic heterocycles. The fourth-order valence-corrected chi connectivity index (χ4v) is 13.7. The predicted molar refractivity (Wildman–Crippen MR) is 320 cm³/mol. The smallest absolute Gasteiger partial charge is 0.252 e. The van der Waals surface area contributed by atoms with Gasteiger partial charge in [0, 0.05) is 33.7 Å². The van der Waals surface area contributed by atoms with Crippen LogP contribution in [0, 0.1) is 6.92 Å². The first-order chi connectivity index (χ1) is 34.7. The van der Waals surface area contributed by atoms with Crippen molar-refractivity contribution in [3.63, 3.8) is 0 Å². The molecule has 2 aliphatic carbocycles. The van der Waals surface area contributed by atoms with Gasteiger partial charge in [0.15, 0.2) is 0 Å². The lowest BCUT2D eigenvalue weighted by molar-refractivity contribution is 0.332. The SMILES string of the molecule is Cc1cc2c(cc1N1c3cc(C(C)C)ccc3B3c4ccc5oc6cc7c(cc6c5c4N(c4ccc(C(C)(C)C)cc4-c4ccccc4)c4cc(C(C)(C)C)cc1c43)C(C)(C)CCC7(C)C)C(C)(C)CCC2(C)C. The van der Waals surface area contributed by atoms with Gasteiger partial charge >= 0.3 is 0 Å². The van der Waals surface area contributed by atoms with Crippen molar-refractivity contribution in [3.05, 3.63) is 160 Å². The third-order valence-corrected chi connectivity index (χ3v) is 18.8. The van der Waals surface area contributed by atoms with E-state index in [2.05, 4.69) is 243 Å². The average molecular weight is 975 g/mol. The van der Waals surface area contributed by atoms with E-state index < -0.39 is 0 Å². The number of anilines is 6. The zero-order chi connectivity index (χ0) is 52.6. The molecule has 0 radical (unpaired) electrons. The summed E-state index contributed by atoms with van der Waals surface area (Å²) < 4.78 is 7.22. The molecular weight excluding hydrogens is 896 g/mol. The Kier molecular flexibility index (Phi) is 10.6. The summed E-state index contributed by atoms with van der Waals surface area (Å²) in [6.45, 7) is 40.9.